The second kappa shape index (κ2) is 4.98. The van der Waals surface area contributed by atoms with Crippen molar-refractivity contribution in [3.8, 4) is 0 Å². The zero-order valence-corrected chi connectivity index (χ0v) is 10.1. The number of anilines is 2. The molecule has 0 unspecified atom stereocenters. The van der Waals surface area contributed by atoms with Crippen LogP contribution in [-0.4, -0.2) is 15.8 Å². The van der Waals surface area contributed by atoms with E-state index in [4.69, 9.17) is 5.73 Å². The molecule has 0 atom stereocenters. The number of halogens is 1. The highest BCUT2D eigenvalue weighted by molar-refractivity contribution is 7.13. The molecule has 1 heterocycles. The van der Waals surface area contributed by atoms with Crippen molar-refractivity contribution in [2.45, 2.75) is 0 Å². The number of hydrogen-bond donors (Lipinski definition) is 2. The highest BCUT2D eigenvalue weighted by Gasteiger charge is 2.23. The van der Waals surface area contributed by atoms with Crippen molar-refractivity contribution >= 4 is 33.8 Å². The maximum atomic E-state index is 13.2. The molecule has 0 aliphatic rings. The van der Waals surface area contributed by atoms with Crippen LogP contribution in [0.2, 0.25) is 0 Å². The van der Waals surface area contributed by atoms with Crippen molar-refractivity contribution in [3.63, 3.8) is 0 Å². The zero-order valence-electron chi connectivity index (χ0n) is 9.29. The Morgan fingerprint density at radius 2 is 2.26 bits per heavy atom. The van der Waals surface area contributed by atoms with Gasteiger partial charge in [0.25, 0.3) is 11.6 Å². The van der Waals surface area contributed by atoms with Gasteiger partial charge in [-0.3, -0.25) is 20.2 Å². The van der Waals surface area contributed by atoms with Crippen molar-refractivity contribution in [3.05, 3.63) is 45.2 Å². The topological polar surface area (TPSA) is 111 Å². The molecule has 9 heteroatoms. The maximum absolute atomic E-state index is 13.2. The molecule has 0 bridgehead atoms. The van der Waals surface area contributed by atoms with E-state index in [0.717, 1.165) is 17.4 Å². The van der Waals surface area contributed by atoms with Crippen LogP contribution in [0.1, 0.15) is 10.4 Å². The molecule has 0 aliphatic heterocycles. The summed E-state index contributed by atoms with van der Waals surface area (Å²) in [6.07, 6.45) is 1.47. The summed E-state index contributed by atoms with van der Waals surface area (Å²) in [5.74, 6) is -1.72. The van der Waals surface area contributed by atoms with E-state index in [0.29, 0.717) is 6.07 Å². The molecule has 1 aromatic heterocycles. The summed E-state index contributed by atoms with van der Waals surface area (Å²) < 4.78 is 13.2. The SMILES string of the molecule is Nc1cc(C(=O)Nc2nccs2)c([N+](=O)[O-])cc1F. The number of carbonyl (C=O) groups is 1. The van der Waals surface area contributed by atoms with Gasteiger partial charge in [-0.05, 0) is 6.07 Å². The number of nitro groups is 1. The van der Waals surface area contributed by atoms with E-state index in [1.807, 2.05) is 0 Å². The second-order valence-corrected chi connectivity index (χ2v) is 4.33. The average Bonchev–Trinajstić information content (AvgIpc) is 2.84. The fourth-order valence-corrected chi connectivity index (χ4v) is 1.89. The van der Waals surface area contributed by atoms with Gasteiger partial charge < -0.3 is 5.73 Å². The summed E-state index contributed by atoms with van der Waals surface area (Å²) in [5, 5.41) is 15.1. The third-order valence-electron chi connectivity index (χ3n) is 2.21. The Bertz CT molecular complexity index is 644. The minimum Gasteiger partial charge on any atom is -0.396 e. The molecule has 7 nitrogen and oxygen atoms in total. The molecule has 98 valence electrons. The Labute approximate surface area is 110 Å². The number of nitrogens with one attached hydrogen (secondary N) is 1. The van der Waals surface area contributed by atoms with Gasteiger partial charge in [0.1, 0.15) is 5.56 Å². The van der Waals surface area contributed by atoms with Gasteiger partial charge in [-0.15, -0.1) is 11.3 Å². The van der Waals surface area contributed by atoms with E-state index in [-0.39, 0.29) is 16.4 Å². The number of aromatic nitrogens is 1. The predicted molar refractivity (Wildman–Crippen MR) is 67.5 cm³/mol. The number of nitro benzene ring substituents is 1. The number of amides is 1. The van der Waals surface area contributed by atoms with E-state index in [1.54, 1.807) is 5.38 Å². The molecule has 19 heavy (non-hydrogen) atoms. The van der Waals surface area contributed by atoms with E-state index >= 15 is 0 Å². The number of nitrogens with zero attached hydrogens (tertiary/aromatic N) is 2. The predicted octanol–water partition coefficient (Wildman–Crippen LogP) is 2.02. The smallest absolute Gasteiger partial charge is 0.285 e. The summed E-state index contributed by atoms with van der Waals surface area (Å²) in [7, 11) is 0. The number of hydrogen-bond acceptors (Lipinski definition) is 6. The minimum atomic E-state index is -0.947. The van der Waals surface area contributed by atoms with Crippen LogP contribution in [0, 0.1) is 15.9 Å². The lowest BCUT2D eigenvalue weighted by Gasteiger charge is -2.05. The van der Waals surface area contributed by atoms with Crippen LogP contribution in [0.15, 0.2) is 23.7 Å². The molecule has 0 aliphatic carbocycles. The maximum Gasteiger partial charge on any atom is 0.285 e. The first-order valence-corrected chi connectivity index (χ1v) is 5.81. The Hall–Kier alpha value is -2.55. The number of nitrogen functional groups attached to an aromatic ring is 1. The normalized spacial score (nSPS) is 10.2. The first-order chi connectivity index (χ1) is 8.99. The number of carbonyl (C=O) groups excluding carboxylic acids is 1. The van der Waals surface area contributed by atoms with Crippen molar-refractivity contribution in [2.24, 2.45) is 0 Å². The van der Waals surface area contributed by atoms with Gasteiger partial charge in [0.15, 0.2) is 10.9 Å². The standard InChI is InChI=1S/C10H7FN4O3S/c11-6-4-8(15(17)18)5(3-7(6)12)9(16)14-10-13-1-2-19-10/h1-4H,12H2,(H,13,14,16). The molecule has 0 saturated heterocycles. The first-order valence-electron chi connectivity index (χ1n) is 4.93. The van der Waals surface area contributed by atoms with Gasteiger partial charge in [-0.1, -0.05) is 0 Å². The molecule has 1 aromatic carbocycles. The van der Waals surface area contributed by atoms with Gasteiger partial charge in [0, 0.05) is 11.6 Å². The monoisotopic (exact) mass is 282 g/mol. The van der Waals surface area contributed by atoms with Crippen LogP contribution >= 0.6 is 11.3 Å². The van der Waals surface area contributed by atoms with Gasteiger partial charge >= 0.3 is 0 Å². The Balaban J connectivity index is 2.40. The molecule has 2 rings (SSSR count). The molecule has 2 aromatic rings. The lowest BCUT2D eigenvalue weighted by Crippen LogP contribution is -2.14. The molecule has 0 radical (unpaired) electrons. The molecule has 0 spiro atoms. The Morgan fingerprint density at radius 3 is 2.84 bits per heavy atom. The Kier molecular flexibility index (Phi) is 3.38. The quantitative estimate of drug-likeness (QED) is 0.508. The van der Waals surface area contributed by atoms with E-state index in [9.17, 15) is 19.3 Å². The number of thiazole rings is 1. The number of nitrogens with two attached hydrogens (primary N) is 1. The lowest BCUT2D eigenvalue weighted by atomic mass is 10.1. The average molecular weight is 282 g/mol. The van der Waals surface area contributed by atoms with Gasteiger partial charge in [-0.2, -0.15) is 0 Å². The van der Waals surface area contributed by atoms with E-state index < -0.39 is 22.3 Å². The van der Waals surface area contributed by atoms with Crippen LogP contribution < -0.4 is 11.1 Å². The summed E-state index contributed by atoms with van der Waals surface area (Å²) >= 11 is 1.15. The minimum absolute atomic E-state index is 0.280. The molecular formula is C10H7FN4O3S. The first kappa shape index (κ1) is 12.9. The van der Waals surface area contributed by atoms with Crippen molar-refractivity contribution < 1.29 is 14.1 Å². The van der Waals surface area contributed by atoms with Crippen molar-refractivity contribution in [1.82, 2.24) is 4.98 Å². The summed E-state index contributed by atoms with van der Waals surface area (Å²) in [6, 6.07) is 1.54. The van der Waals surface area contributed by atoms with Crippen molar-refractivity contribution in [2.75, 3.05) is 11.1 Å². The van der Waals surface area contributed by atoms with E-state index in [1.165, 1.54) is 6.20 Å². The third-order valence-corrected chi connectivity index (χ3v) is 2.90. The molecule has 1 amide bonds. The van der Waals surface area contributed by atoms with Gasteiger partial charge in [0.2, 0.25) is 0 Å². The fraction of sp³-hybridized carbons (Fsp3) is 0. The van der Waals surface area contributed by atoms with Crippen LogP contribution in [0.3, 0.4) is 0 Å². The van der Waals surface area contributed by atoms with Gasteiger partial charge in [0.05, 0.1) is 16.7 Å². The summed E-state index contributed by atoms with van der Waals surface area (Å²) in [6.45, 7) is 0. The summed E-state index contributed by atoms with van der Waals surface area (Å²) in [4.78, 5) is 25.6. The highest BCUT2D eigenvalue weighted by Crippen LogP contribution is 2.25. The second-order valence-electron chi connectivity index (χ2n) is 3.44. The van der Waals surface area contributed by atoms with Crippen molar-refractivity contribution in [1.29, 1.82) is 0 Å². The number of rotatable bonds is 3. The number of benzene rings is 1. The van der Waals surface area contributed by atoms with Crippen LogP contribution in [0.4, 0.5) is 20.9 Å². The molecule has 3 N–H and O–H groups in total. The van der Waals surface area contributed by atoms with Crippen LogP contribution in [0.5, 0.6) is 0 Å². The van der Waals surface area contributed by atoms with Crippen LogP contribution in [0.25, 0.3) is 0 Å². The zero-order chi connectivity index (χ0) is 14.0. The van der Waals surface area contributed by atoms with Crippen LogP contribution in [-0.2, 0) is 0 Å². The Morgan fingerprint density at radius 1 is 1.53 bits per heavy atom. The lowest BCUT2D eigenvalue weighted by molar-refractivity contribution is -0.385. The molecular weight excluding hydrogens is 275 g/mol. The largest absolute Gasteiger partial charge is 0.396 e. The molecule has 0 saturated carbocycles. The summed E-state index contributed by atoms with van der Waals surface area (Å²) in [5.41, 5.74) is 4.00. The molecule has 0 fully saturated rings. The third kappa shape index (κ3) is 2.65. The highest BCUT2D eigenvalue weighted by atomic mass is 32.1. The fourth-order valence-electron chi connectivity index (χ4n) is 1.36. The van der Waals surface area contributed by atoms with E-state index in [2.05, 4.69) is 10.3 Å². The van der Waals surface area contributed by atoms with Gasteiger partial charge in [-0.25, -0.2) is 9.37 Å².